The predicted molar refractivity (Wildman–Crippen MR) is 90.9 cm³/mol. The van der Waals surface area contributed by atoms with E-state index in [0.29, 0.717) is 12.1 Å². The van der Waals surface area contributed by atoms with E-state index in [9.17, 15) is 14.4 Å². The van der Waals surface area contributed by atoms with E-state index in [0.717, 1.165) is 9.13 Å². The Morgan fingerprint density at radius 2 is 1.96 bits per heavy atom. The molecule has 0 aliphatic carbocycles. The number of hydrazine groups is 1. The van der Waals surface area contributed by atoms with Crippen LogP contribution in [0.15, 0.2) is 34.1 Å². The molecule has 10 heteroatoms. The summed E-state index contributed by atoms with van der Waals surface area (Å²) in [4.78, 5) is 46.0. The van der Waals surface area contributed by atoms with Crippen molar-refractivity contribution >= 4 is 17.2 Å². The van der Waals surface area contributed by atoms with Crippen LogP contribution in [-0.4, -0.2) is 29.7 Å². The van der Waals surface area contributed by atoms with Crippen molar-refractivity contribution < 1.29 is 4.79 Å². The average molecular weight is 343 g/mol. The van der Waals surface area contributed by atoms with Crippen LogP contribution in [0.2, 0.25) is 0 Å². The maximum absolute atomic E-state index is 12.8. The molecule has 0 saturated carbocycles. The van der Waals surface area contributed by atoms with Crippen LogP contribution < -0.4 is 22.5 Å². The third kappa shape index (κ3) is 2.43. The lowest BCUT2D eigenvalue weighted by atomic mass is 10.3. The highest BCUT2D eigenvalue weighted by atomic mass is 16.2. The van der Waals surface area contributed by atoms with E-state index < -0.39 is 17.3 Å². The van der Waals surface area contributed by atoms with Crippen molar-refractivity contribution in [3.63, 3.8) is 0 Å². The molecule has 0 aliphatic heterocycles. The van der Waals surface area contributed by atoms with Gasteiger partial charge in [0.1, 0.15) is 0 Å². The second kappa shape index (κ2) is 6.32. The summed E-state index contributed by atoms with van der Waals surface area (Å²) in [6.07, 6.45) is 3.08. The Kier molecular flexibility index (Phi) is 4.19. The molecule has 10 nitrogen and oxygen atoms in total. The normalized spacial score (nSPS) is 11.0. The number of amides is 1. The van der Waals surface area contributed by atoms with Crippen LogP contribution in [0.4, 0.5) is 4.79 Å². The molecule has 130 valence electrons. The number of imidazole rings is 1. The number of carbonyl (C=O) groups is 1. The maximum Gasteiger partial charge on any atom is 0.342 e. The minimum absolute atomic E-state index is 0.00916. The van der Waals surface area contributed by atoms with Crippen molar-refractivity contribution in [2.75, 3.05) is 0 Å². The Labute approximate surface area is 141 Å². The molecule has 3 N–H and O–H groups in total. The summed E-state index contributed by atoms with van der Waals surface area (Å²) in [6.45, 7) is 3.91. The monoisotopic (exact) mass is 343 g/mol. The molecule has 0 atom stereocenters. The van der Waals surface area contributed by atoms with Gasteiger partial charge in [-0.05, 0) is 26.0 Å². The summed E-state index contributed by atoms with van der Waals surface area (Å²) in [6, 6.07) is 2.64. The zero-order valence-electron chi connectivity index (χ0n) is 13.8. The van der Waals surface area contributed by atoms with Gasteiger partial charge in [0.05, 0.1) is 0 Å². The summed E-state index contributed by atoms with van der Waals surface area (Å²) in [5, 5.41) is 0. The molecule has 3 aromatic heterocycles. The SMILES string of the molecule is CCn1c(=O)c2c(nc(-c3cccnc3)n2C(=O)NN)n(CC)c1=O. The summed E-state index contributed by atoms with van der Waals surface area (Å²) in [7, 11) is 0. The number of nitrogens with zero attached hydrogens (tertiary/aromatic N) is 5. The highest BCUT2D eigenvalue weighted by molar-refractivity contribution is 5.92. The zero-order valence-corrected chi connectivity index (χ0v) is 13.8. The second-order valence-electron chi connectivity index (χ2n) is 5.21. The molecular formula is C15H17N7O3. The Bertz CT molecular complexity index is 1060. The van der Waals surface area contributed by atoms with Crippen molar-refractivity contribution in [2.45, 2.75) is 26.9 Å². The quantitative estimate of drug-likeness (QED) is 0.388. The Hall–Kier alpha value is -3.27. The first-order valence-electron chi connectivity index (χ1n) is 7.72. The van der Waals surface area contributed by atoms with Gasteiger partial charge in [-0.3, -0.25) is 24.3 Å². The van der Waals surface area contributed by atoms with Gasteiger partial charge in [-0.15, -0.1) is 0 Å². The average Bonchev–Trinajstić information content (AvgIpc) is 3.03. The summed E-state index contributed by atoms with van der Waals surface area (Å²) in [5.41, 5.74) is 1.58. The van der Waals surface area contributed by atoms with Gasteiger partial charge in [0.2, 0.25) is 0 Å². The number of rotatable bonds is 3. The van der Waals surface area contributed by atoms with Crippen LogP contribution in [0.5, 0.6) is 0 Å². The number of hydrogen-bond donors (Lipinski definition) is 2. The van der Waals surface area contributed by atoms with Gasteiger partial charge in [0.15, 0.2) is 17.0 Å². The molecule has 0 bridgehead atoms. The topological polar surface area (TPSA) is 130 Å². The minimum atomic E-state index is -0.734. The van der Waals surface area contributed by atoms with Gasteiger partial charge in [0, 0.05) is 31.0 Å². The molecule has 0 aliphatic rings. The van der Waals surface area contributed by atoms with Gasteiger partial charge in [-0.25, -0.2) is 25.0 Å². The van der Waals surface area contributed by atoms with E-state index in [4.69, 9.17) is 5.84 Å². The molecule has 3 heterocycles. The van der Waals surface area contributed by atoms with Crippen molar-refractivity contribution in [3.05, 3.63) is 45.4 Å². The summed E-state index contributed by atoms with van der Waals surface area (Å²) < 4.78 is 3.48. The van der Waals surface area contributed by atoms with Crippen LogP contribution in [0.25, 0.3) is 22.6 Å². The fraction of sp³-hybridized carbons (Fsp3) is 0.267. The lowest BCUT2D eigenvalue weighted by Crippen LogP contribution is -2.41. The maximum atomic E-state index is 12.8. The van der Waals surface area contributed by atoms with E-state index in [-0.39, 0.29) is 23.5 Å². The minimum Gasteiger partial charge on any atom is -0.276 e. The fourth-order valence-electron chi connectivity index (χ4n) is 2.75. The van der Waals surface area contributed by atoms with Crippen LogP contribution in [0.3, 0.4) is 0 Å². The predicted octanol–water partition coefficient (Wildman–Crippen LogP) is -0.107. The van der Waals surface area contributed by atoms with Gasteiger partial charge < -0.3 is 0 Å². The Morgan fingerprint density at radius 3 is 2.52 bits per heavy atom. The van der Waals surface area contributed by atoms with E-state index in [1.807, 2.05) is 5.43 Å². The molecular weight excluding hydrogens is 326 g/mol. The number of nitrogen functional groups attached to an aromatic ring is 1. The third-order valence-electron chi connectivity index (χ3n) is 3.90. The number of pyridine rings is 1. The molecule has 25 heavy (non-hydrogen) atoms. The van der Waals surface area contributed by atoms with E-state index in [1.165, 1.54) is 10.8 Å². The van der Waals surface area contributed by atoms with Gasteiger partial charge >= 0.3 is 11.7 Å². The first-order valence-corrected chi connectivity index (χ1v) is 7.72. The van der Waals surface area contributed by atoms with Crippen LogP contribution in [-0.2, 0) is 13.1 Å². The second-order valence-corrected chi connectivity index (χ2v) is 5.21. The van der Waals surface area contributed by atoms with Crippen molar-refractivity contribution in [3.8, 4) is 11.4 Å². The molecule has 3 aromatic rings. The lowest BCUT2D eigenvalue weighted by Gasteiger charge is -2.09. The largest absolute Gasteiger partial charge is 0.342 e. The zero-order chi connectivity index (χ0) is 18.1. The third-order valence-corrected chi connectivity index (χ3v) is 3.90. The highest BCUT2D eigenvalue weighted by Gasteiger charge is 2.24. The molecule has 0 radical (unpaired) electrons. The Morgan fingerprint density at radius 1 is 1.24 bits per heavy atom. The fourth-order valence-corrected chi connectivity index (χ4v) is 2.75. The van der Waals surface area contributed by atoms with Crippen LogP contribution in [0, 0.1) is 0 Å². The van der Waals surface area contributed by atoms with Crippen molar-refractivity contribution in [1.29, 1.82) is 0 Å². The van der Waals surface area contributed by atoms with Gasteiger partial charge in [-0.2, -0.15) is 0 Å². The number of nitrogens with two attached hydrogens (primary N) is 1. The van der Waals surface area contributed by atoms with Crippen LogP contribution in [0.1, 0.15) is 13.8 Å². The number of aromatic nitrogens is 5. The first kappa shape index (κ1) is 16.6. The molecule has 0 spiro atoms. The van der Waals surface area contributed by atoms with Gasteiger partial charge in [0.25, 0.3) is 5.56 Å². The summed E-state index contributed by atoms with van der Waals surface area (Å²) in [5.74, 6) is 5.46. The number of hydrogen-bond acceptors (Lipinski definition) is 6. The first-order chi connectivity index (χ1) is 12.0. The molecule has 0 fully saturated rings. The molecule has 1 amide bonds. The van der Waals surface area contributed by atoms with E-state index in [2.05, 4.69) is 9.97 Å². The van der Waals surface area contributed by atoms with Gasteiger partial charge in [-0.1, -0.05) is 0 Å². The standard InChI is InChI=1S/C15H17N7O3/c1-3-20-12-10(13(23)21(4-2)15(20)25)22(14(24)19-16)11(18-12)9-6-5-7-17-8-9/h5-8H,3-4,16H2,1-2H3,(H,19,24). The van der Waals surface area contributed by atoms with E-state index in [1.54, 1.807) is 32.2 Å². The number of aryl methyl sites for hydroxylation is 1. The summed E-state index contributed by atoms with van der Waals surface area (Å²) >= 11 is 0. The Balaban J connectivity index is 2.55. The molecule has 3 rings (SSSR count). The number of fused-ring (bicyclic) bond motifs is 1. The lowest BCUT2D eigenvalue weighted by molar-refractivity contribution is 0.243. The van der Waals surface area contributed by atoms with Crippen LogP contribution >= 0.6 is 0 Å². The molecule has 0 aromatic carbocycles. The van der Waals surface area contributed by atoms with E-state index >= 15 is 0 Å². The molecule has 0 saturated heterocycles. The number of nitrogens with one attached hydrogen (secondary N) is 1. The highest BCUT2D eigenvalue weighted by Crippen LogP contribution is 2.21. The molecule has 0 unspecified atom stereocenters. The van der Waals surface area contributed by atoms with Crippen molar-refractivity contribution in [2.24, 2.45) is 5.84 Å². The smallest absolute Gasteiger partial charge is 0.276 e. The van der Waals surface area contributed by atoms with Crippen molar-refractivity contribution in [1.82, 2.24) is 29.1 Å². The number of carbonyl (C=O) groups excluding carboxylic acids is 1.